The highest BCUT2D eigenvalue weighted by Gasteiger charge is 2.08. The molecule has 0 unspecified atom stereocenters. The highest BCUT2D eigenvalue weighted by Crippen LogP contribution is 2.20. The Labute approximate surface area is 180 Å². The molecule has 4 rings (SSSR count). The summed E-state index contributed by atoms with van der Waals surface area (Å²) in [6.07, 6.45) is 0. The zero-order valence-electron chi connectivity index (χ0n) is 17.0. The number of amides is 1. The zero-order valence-corrected chi connectivity index (χ0v) is 17.0. The highest BCUT2D eigenvalue weighted by atomic mass is 19.1. The van der Waals surface area contributed by atoms with Crippen molar-refractivity contribution < 1.29 is 9.18 Å². The van der Waals surface area contributed by atoms with Crippen molar-refractivity contribution in [2.45, 2.75) is 13.5 Å². The molecule has 0 saturated carbocycles. The average molecular weight is 412 g/mol. The van der Waals surface area contributed by atoms with Gasteiger partial charge in [-0.3, -0.25) is 4.79 Å². The van der Waals surface area contributed by atoms with Gasteiger partial charge in [0.2, 0.25) is 0 Å². The lowest BCUT2D eigenvalue weighted by molar-refractivity contribution is 0.0951. The number of nitrogens with one attached hydrogen (secondary N) is 2. The van der Waals surface area contributed by atoms with E-state index in [4.69, 9.17) is 0 Å². The van der Waals surface area contributed by atoms with E-state index in [9.17, 15) is 9.18 Å². The Morgan fingerprint density at radius 3 is 2.45 bits per heavy atom. The summed E-state index contributed by atoms with van der Waals surface area (Å²) in [5.74, 6) is 0.0492. The molecule has 0 aliphatic rings. The van der Waals surface area contributed by atoms with Crippen LogP contribution >= 0.6 is 0 Å². The topological polar surface area (TPSA) is 66.9 Å². The SMILES string of the molecule is Cc1ccc(CNC(=O)c2cccc(Nc3ccc(-c4cccc(F)c4)nn3)c2)cc1. The lowest BCUT2D eigenvalue weighted by Gasteiger charge is -2.09. The third-order valence-electron chi connectivity index (χ3n) is 4.76. The molecule has 0 saturated heterocycles. The fourth-order valence-electron chi connectivity index (χ4n) is 3.08. The maximum atomic E-state index is 13.4. The van der Waals surface area contributed by atoms with Crippen LogP contribution in [0.2, 0.25) is 0 Å². The molecular formula is C25H21FN4O. The van der Waals surface area contributed by atoms with Gasteiger partial charge in [0.25, 0.3) is 5.91 Å². The van der Waals surface area contributed by atoms with E-state index >= 15 is 0 Å². The first kappa shape index (κ1) is 20.2. The van der Waals surface area contributed by atoms with Crippen LogP contribution in [0.4, 0.5) is 15.9 Å². The Bertz CT molecular complexity index is 1190. The van der Waals surface area contributed by atoms with Crippen molar-refractivity contribution in [2.75, 3.05) is 5.32 Å². The van der Waals surface area contributed by atoms with E-state index in [1.807, 2.05) is 37.3 Å². The summed E-state index contributed by atoms with van der Waals surface area (Å²) in [7, 11) is 0. The van der Waals surface area contributed by atoms with Crippen molar-refractivity contribution >= 4 is 17.4 Å². The van der Waals surface area contributed by atoms with Crippen molar-refractivity contribution in [1.82, 2.24) is 15.5 Å². The molecule has 1 heterocycles. The van der Waals surface area contributed by atoms with Crippen LogP contribution in [0.5, 0.6) is 0 Å². The molecule has 6 heteroatoms. The number of aromatic nitrogens is 2. The van der Waals surface area contributed by atoms with Crippen LogP contribution in [0.15, 0.2) is 84.9 Å². The highest BCUT2D eigenvalue weighted by molar-refractivity contribution is 5.95. The van der Waals surface area contributed by atoms with Crippen molar-refractivity contribution in [3.63, 3.8) is 0 Å². The van der Waals surface area contributed by atoms with Crippen LogP contribution in [0, 0.1) is 12.7 Å². The maximum Gasteiger partial charge on any atom is 0.251 e. The summed E-state index contributed by atoms with van der Waals surface area (Å²) >= 11 is 0. The fourth-order valence-corrected chi connectivity index (χ4v) is 3.08. The minimum absolute atomic E-state index is 0.156. The van der Waals surface area contributed by atoms with Crippen molar-refractivity contribution in [1.29, 1.82) is 0 Å². The molecular weight excluding hydrogens is 391 g/mol. The summed E-state index contributed by atoms with van der Waals surface area (Å²) in [6.45, 7) is 2.49. The molecule has 4 aromatic rings. The summed E-state index contributed by atoms with van der Waals surface area (Å²) in [4.78, 5) is 12.5. The number of aryl methyl sites for hydroxylation is 1. The summed E-state index contributed by atoms with van der Waals surface area (Å²) in [6, 6.07) is 24.9. The molecule has 0 radical (unpaired) electrons. The van der Waals surface area contributed by atoms with Gasteiger partial charge in [0.05, 0.1) is 5.69 Å². The van der Waals surface area contributed by atoms with Crippen LogP contribution in [0.25, 0.3) is 11.3 Å². The van der Waals surface area contributed by atoms with Gasteiger partial charge in [-0.15, -0.1) is 10.2 Å². The number of nitrogens with zero attached hydrogens (tertiary/aromatic N) is 2. The smallest absolute Gasteiger partial charge is 0.251 e. The van der Waals surface area contributed by atoms with E-state index < -0.39 is 0 Å². The normalized spacial score (nSPS) is 10.5. The monoisotopic (exact) mass is 412 g/mol. The standard InChI is InChI=1S/C25H21FN4O/c1-17-8-10-18(11-9-17)16-27-25(31)20-5-3-7-22(15-20)28-24-13-12-23(29-30-24)19-4-2-6-21(26)14-19/h2-15H,16H2,1H3,(H,27,31)(H,28,30). The predicted molar refractivity (Wildman–Crippen MR) is 119 cm³/mol. The second-order valence-corrected chi connectivity index (χ2v) is 7.19. The van der Waals surface area contributed by atoms with Crippen LogP contribution in [0.3, 0.4) is 0 Å². The third kappa shape index (κ3) is 5.30. The second-order valence-electron chi connectivity index (χ2n) is 7.19. The predicted octanol–water partition coefficient (Wildman–Crippen LogP) is 5.26. The minimum Gasteiger partial charge on any atom is -0.348 e. The van der Waals surface area contributed by atoms with E-state index in [2.05, 4.69) is 20.8 Å². The molecule has 0 aliphatic carbocycles. The van der Waals surface area contributed by atoms with E-state index in [1.54, 1.807) is 42.5 Å². The summed E-state index contributed by atoms with van der Waals surface area (Å²) < 4.78 is 13.4. The molecule has 0 aliphatic heterocycles. The molecule has 1 amide bonds. The van der Waals surface area contributed by atoms with E-state index in [1.165, 1.54) is 17.7 Å². The Morgan fingerprint density at radius 2 is 1.71 bits per heavy atom. The second kappa shape index (κ2) is 9.17. The number of carbonyl (C=O) groups excluding carboxylic acids is 1. The van der Waals surface area contributed by atoms with Gasteiger partial charge in [0, 0.05) is 23.4 Å². The number of hydrogen-bond donors (Lipinski definition) is 2. The molecule has 2 N–H and O–H groups in total. The Morgan fingerprint density at radius 1 is 0.903 bits per heavy atom. The number of benzene rings is 3. The number of halogens is 1. The first-order chi connectivity index (χ1) is 15.1. The molecule has 31 heavy (non-hydrogen) atoms. The average Bonchev–Trinajstić information content (AvgIpc) is 2.79. The molecule has 1 aromatic heterocycles. The van der Waals surface area contributed by atoms with Crippen molar-refractivity contribution in [2.24, 2.45) is 0 Å². The summed E-state index contributed by atoms with van der Waals surface area (Å²) in [5.41, 5.74) is 4.72. The molecule has 0 atom stereocenters. The van der Waals surface area contributed by atoms with Gasteiger partial charge < -0.3 is 10.6 Å². The van der Waals surface area contributed by atoms with Gasteiger partial charge in [-0.2, -0.15) is 0 Å². The first-order valence-electron chi connectivity index (χ1n) is 9.87. The van der Waals surface area contributed by atoms with Crippen LogP contribution in [0.1, 0.15) is 21.5 Å². The van der Waals surface area contributed by atoms with Crippen molar-refractivity contribution in [3.05, 3.63) is 107 Å². The third-order valence-corrected chi connectivity index (χ3v) is 4.76. The molecule has 5 nitrogen and oxygen atoms in total. The van der Waals surface area contributed by atoms with Gasteiger partial charge in [-0.25, -0.2) is 4.39 Å². The van der Waals surface area contributed by atoms with E-state index in [0.717, 1.165) is 11.3 Å². The van der Waals surface area contributed by atoms with Gasteiger partial charge >= 0.3 is 0 Å². The van der Waals surface area contributed by atoms with Crippen LogP contribution < -0.4 is 10.6 Å². The van der Waals surface area contributed by atoms with Gasteiger partial charge in [0.1, 0.15) is 5.82 Å². The number of carbonyl (C=O) groups is 1. The number of hydrogen-bond acceptors (Lipinski definition) is 4. The molecule has 0 bridgehead atoms. The fraction of sp³-hybridized carbons (Fsp3) is 0.0800. The molecule has 0 spiro atoms. The molecule has 0 fully saturated rings. The molecule has 3 aromatic carbocycles. The largest absolute Gasteiger partial charge is 0.348 e. The Kier molecular flexibility index (Phi) is 5.98. The van der Waals surface area contributed by atoms with Gasteiger partial charge in [-0.1, -0.05) is 48.0 Å². The van der Waals surface area contributed by atoms with E-state index in [-0.39, 0.29) is 11.7 Å². The Balaban J connectivity index is 1.41. The van der Waals surface area contributed by atoms with Gasteiger partial charge in [0.15, 0.2) is 5.82 Å². The number of anilines is 2. The minimum atomic E-state index is -0.320. The van der Waals surface area contributed by atoms with Crippen molar-refractivity contribution in [3.8, 4) is 11.3 Å². The van der Waals surface area contributed by atoms with Crippen LogP contribution in [-0.4, -0.2) is 16.1 Å². The van der Waals surface area contributed by atoms with Crippen LogP contribution in [-0.2, 0) is 6.54 Å². The molecule has 154 valence electrons. The zero-order chi connectivity index (χ0) is 21.6. The lowest BCUT2D eigenvalue weighted by atomic mass is 10.1. The van der Waals surface area contributed by atoms with E-state index in [0.29, 0.717) is 29.2 Å². The Hall–Kier alpha value is -4.06. The number of rotatable bonds is 6. The first-order valence-corrected chi connectivity index (χ1v) is 9.87. The maximum absolute atomic E-state index is 13.4. The quantitative estimate of drug-likeness (QED) is 0.453. The summed E-state index contributed by atoms with van der Waals surface area (Å²) in [5, 5.41) is 14.4. The lowest BCUT2D eigenvalue weighted by Crippen LogP contribution is -2.22. The van der Waals surface area contributed by atoms with Gasteiger partial charge in [-0.05, 0) is 55.0 Å².